The fourth-order valence-corrected chi connectivity index (χ4v) is 2.97. The normalized spacial score (nSPS) is 10.5. The van der Waals surface area contributed by atoms with Crippen LogP contribution in [0.2, 0.25) is 5.02 Å². The van der Waals surface area contributed by atoms with Gasteiger partial charge in [-0.05, 0) is 34.4 Å². The van der Waals surface area contributed by atoms with Crippen molar-refractivity contribution in [2.45, 2.75) is 10.7 Å². The number of rotatable bonds is 3. The lowest BCUT2D eigenvalue weighted by Gasteiger charge is -2.11. The van der Waals surface area contributed by atoms with Crippen LogP contribution < -0.4 is 0 Å². The second-order valence-electron chi connectivity index (χ2n) is 3.73. The van der Waals surface area contributed by atoms with Crippen molar-refractivity contribution in [3.8, 4) is 11.1 Å². The Morgan fingerprint density at radius 3 is 2.18 bits per heavy atom. The maximum Gasteiger partial charge on any atom is 0.0412 e. The molecule has 0 N–H and O–H groups in total. The molecule has 0 saturated heterocycles. The lowest BCUT2D eigenvalue weighted by atomic mass is 9.97. The van der Waals surface area contributed by atoms with Crippen LogP contribution in [-0.4, -0.2) is 0 Å². The van der Waals surface area contributed by atoms with E-state index in [0.717, 1.165) is 15.7 Å². The highest BCUT2D eigenvalue weighted by Crippen LogP contribution is 2.31. The van der Waals surface area contributed by atoms with E-state index >= 15 is 0 Å². The van der Waals surface area contributed by atoms with E-state index < -0.39 is 0 Å². The summed E-state index contributed by atoms with van der Waals surface area (Å²) >= 11 is 13.1. The minimum atomic E-state index is 0.772. The molecule has 2 aromatic carbocycles. The lowest BCUT2D eigenvalue weighted by molar-refractivity contribution is 1.38. The highest BCUT2D eigenvalue weighted by atomic mass is 79.9. The predicted octanol–water partition coefficient (Wildman–Crippen LogP) is 5.80. The Hall–Kier alpha value is -0.310. The molecule has 0 bridgehead atoms. The molecule has 88 valence electrons. The Bertz CT molecular complexity index is 523. The number of alkyl halides is 2. The summed E-state index contributed by atoms with van der Waals surface area (Å²) in [5.41, 5.74) is 4.96. The lowest BCUT2D eigenvalue weighted by Crippen LogP contribution is -1.90. The third-order valence-electron chi connectivity index (χ3n) is 2.67. The molecule has 0 heterocycles. The van der Waals surface area contributed by atoms with Gasteiger partial charge < -0.3 is 0 Å². The van der Waals surface area contributed by atoms with E-state index in [0.29, 0.717) is 0 Å². The third-order valence-corrected chi connectivity index (χ3v) is 4.11. The molecule has 0 aromatic heterocycles. The van der Waals surface area contributed by atoms with E-state index in [1.54, 1.807) is 0 Å². The molecule has 17 heavy (non-hydrogen) atoms. The number of benzene rings is 2. The first kappa shape index (κ1) is 13.1. The Morgan fingerprint density at radius 2 is 1.47 bits per heavy atom. The van der Waals surface area contributed by atoms with E-state index in [9.17, 15) is 0 Å². The first-order valence-corrected chi connectivity index (χ1v) is 7.87. The highest BCUT2D eigenvalue weighted by Gasteiger charge is 2.08. The highest BCUT2D eigenvalue weighted by molar-refractivity contribution is 9.08. The van der Waals surface area contributed by atoms with Crippen molar-refractivity contribution in [1.29, 1.82) is 0 Å². The molecule has 0 spiro atoms. The van der Waals surface area contributed by atoms with E-state index in [-0.39, 0.29) is 0 Å². The summed E-state index contributed by atoms with van der Waals surface area (Å²) in [4.78, 5) is 0. The molecular formula is C14H11Br2Cl. The molecule has 2 rings (SSSR count). The van der Waals surface area contributed by atoms with Crippen molar-refractivity contribution >= 4 is 43.5 Å². The van der Waals surface area contributed by atoms with Gasteiger partial charge in [-0.2, -0.15) is 0 Å². The van der Waals surface area contributed by atoms with Gasteiger partial charge in [0, 0.05) is 15.7 Å². The molecule has 0 aliphatic rings. The smallest absolute Gasteiger partial charge is 0.0412 e. The van der Waals surface area contributed by atoms with Gasteiger partial charge in [-0.15, -0.1) is 0 Å². The zero-order valence-corrected chi connectivity index (χ0v) is 13.0. The van der Waals surface area contributed by atoms with Gasteiger partial charge in [0.1, 0.15) is 0 Å². The molecule has 0 nitrogen and oxygen atoms in total. The van der Waals surface area contributed by atoms with Crippen LogP contribution in [0.15, 0.2) is 42.5 Å². The van der Waals surface area contributed by atoms with Crippen molar-refractivity contribution in [2.75, 3.05) is 0 Å². The minimum Gasteiger partial charge on any atom is -0.0876 e. The summed E-state index contributed by atoms with van der Waals surface area (Å²) in [6.45, 7) is 0. The fraction of sp³-hybridized carbons (Fsp3) is 0.143. The van der Waals surface area contributed by atoms with Crippen LogP contribution in [0.4, 0.5) is 0 Å². The van der Waals surface area contributed by atoms with Crippen LogP contribution >= 0.6 is 43.5 Å². The summed E-state index contributed by atoms with van der Waals surface area (Å²) in [5, 5.41) is 2.45. The molecule has 0 radical (unpaired) electrons. The van der Waals surface area contributed by atoms with Crippen LogP contribution in [0.3, 0.4) is 0 Å². The molecular weight excluding hydrogens is 363 g/mol. The van der Waals surface area contributed by atoms with Crippen molar-refractivity contribution < 1.29 is 0 Å². The Morgan fingerprint density at radius 1 is 0.824 bits per heavy atom. The van der Waals surface area contributed by atoms with Crippen LogP contribution in [0.5, 0.6) is 0 Å². The summed E-state index contributed by atoms with van der Waals surface area (Å²) < 4.78 is 0. The maximum atomic E-state index is 6.09. The Labute approximate surface area is 123 Å². The first-order chi connectivity index (χ1) is 8.26. The molecule has 0 saturated carbocycles. The number of halogens is 3. The average Bonchev–Trinajstić information content (AvgIpc) is 2.38. The zero-order valence-electron chi connectivity index (χ0n) is 9.09. The van der Waals surface area contributed by atoms with Gasteiger partial charge in [-0.3, -0.25) is 0 Å². The van der Waals surface area contributed by atoms with Gasteiger partial charge in [-0.25, -0.2) is 0 Å². The molecule has 0 amide bonds. The van der Waals surface area contributed by atoms with Crippen molar-refractivity contribution in [3.05, 3.63) is 58.6 Å². The fourth-order valence-electron chi connectivity index (χ4n) is 1.82. The van der Waals surface area contributed by atoms with Gasteiger partial charge in [0.15, 0.2) is 0 Å². The van der Waals surface area contributed by atoms with Crippen LogP contribution in [0.25, 0.3) is 11.1 Å². The topological polar surface area (TPSA) is 0 Å². The van der Waals surface area contributed by atoms with E-state index in [1.807, 2.05) is 12.1 Å². The van der Waals surface area contributed by atoms with Crippen molar-refractivity contribution in [3.63, 3.8) is 0 Å². The van der Waals surface area contributed by atoms with Crippen LogP contribution in [-0.2, 0) is 10.7 Å². The third kappa shape index (κ3) is 2.93. The average molecular weight is 375 g/mol. The minimum absolute atomic E-state index is 0.772. The maximum absolute atomic E-state index is 6.09. The molecule has 0 aliphatic heterocycles. The monoisotopic (exact) mass is 372 g/mol. The summed E-state index contributed by atoms with van der Waals surface area (Å²) in [7, 11) is 0. The number of hydrogen-bond donors (Lipinski definition) is 0. The predicted molar refractivity (Wildman–Crippen MR) is 82.2 cm³/mol. The number of hydrogen-bond acceptors (Lipinski definition) is 0. The summed E-state index contributed by atoms with van der Waals surface area (Å²) in [6, 6.07) is 14.4. The molecule has 0 aliphatic carbocycles. The van der Waals surface area contributed by atoms with E-state index in [1.165, 1.54) is 22.3 Å². The van der Waals surface area contributed by atoms with Crippen LogP contribution in [0, 0.1) is 0 Å². The Balaban J connectivity index is 2.62. The quantitative estimate of drug-likeness (QED) is 0.596. The van der Waals surface area contributed by atoms with Gasteiger partial charge in [0.25, 0.3) is 0 Å². The molecule has 0 atom stereocenters. The Kier molecular flexibility index (Phi) is 4.66. The van der Waals surface area contributed by atoms with Crippen molar-refractivity contribution in [1.82, 2.24) is 0 Å². The second-order valence-corrected chi connectivity index (χ2v) is 5.28. The van der Waals surface area contributed by atoms with Crippen LogP contribution in [0.1, 0.15) is 11.1 Å². The van der Waals surface area contributed by atoms with Gasteiger partial charge in [0.05, 0.1) is 0 Å². The molecule has 0 fully saturated rings. The summed E-state index contributed by atoms with van der Waals surface area (Å²) in [5.74, 6) is 0. The first-order valence-electron chi connectivity index (χ1n) is 5.25. The molecule has 2 aromatic rings. The van der Waals surface area contributed by atoms with Gasteiger partial charge >= 0.3 is 0 Å². The van der Waals surface area contributed by atoms with Gasteiger partial charge in [0.2, 0.25) is 0 Å². The zero-order chi connectivity index (χ0) is 12.3. The summed E-state index contributed by atoms with van der Waals surface area (Å²) in [6.07, 6.45) is 0. The second kappa shape index (κ2) is 6.03. The molecule has 3 heteroatoms. The standard InChI is InChI=1S/C14H11Br2Cl/c15-8-10-3-1-2-4-13(10)14-7-12(17)6-5-11(14)9-16/h1-7H,8-9H2. The van der Waals surface area contributed by atoms with E-state index in [2.05, 4.69) is 62.2 Å². The van der Waals surface area contributed by atoms with Gasteiger partial charge in [-0.1, -0.05) is 73.8 Å². The van der Waals surface area contributed by atoms with E-state index in [4.69, 9.17) is 11.6 Å². The van der Waals surface area contributed by atoms with Crippen molar-refractivity contribution in [2.24, 2.45) is 0 Å². The largest absolute Gasteiger partial charge is 0.0876 e. The molecule has 0 unspecified atom stereocenters. The SMILES string of the molecule is Clc1ccc(CBr)c(-c2ccccc2CBr)c1.